The van der Waals surface area contributed by atoms with E-state index < -0.39 is 0 Å². The monoisotopic (exact) mass is 197 g/mol. The van der Waals surface area contributed by atoms with Crippen molar-refractivity contribution in [2.45, 2.75) is 57.5 Å². The standard InChI is InChI=1S/C12H23NO/c1-2-11(7-8-11)9-13-10-12(14)5-3-4-6-12/h13-14H,2-10H2,1H3. The van der Waals surface area contributed by atoms with E-state index in [-0.39, 0.29) is 5.60 Å². The molecule has 0 aromatic heterocycles. The molecule has 2 nitrogen and oxygen atoms in total. The van der Waals surface area contributed by atoms with E-state index in [0.717, 1.165) is 25.9 Å². The molecule has 2 rings (SSSR count). The predicted octanol–water partition coefficient (Wildman–Crippen LogP) is 2.07. The number of hydrogen-bond acceptors (Lipinski definition) is 2. The molecular formula is C12H23NO. The minimum Gasteiger partial charge on any atom is -0.389 e. The van der Waals surface area contributed by atoms with Crippen LogP contribution in [0.4, 0.5) is 0 Å². The van der Waals surface area contributed by atoms with Crippen molar-refractivity contribution in [1.29, 1.82) is 0 Å². The van der Waals surface area contributed by atoms with Crippen molar-refractivity contribution in [3.05, 3.63) is 0 Å². The Morgan fingerprint density at radius 3 is 2.21 bits per heavy atom. The maximum Gasteiger partial charge on any atom is 0.0771 e. The molecule has 0 unspecified atom stereocenters. The van der Waals surface area contributed by atoms with Gasteiger partial charge in [-0.05, 0) is 37.5 Å². The van der Waals surface area contributed by atoms with Gasteiger partial charge in [0.05, 0.1) is 5.60 Å². The highest BCUT2D eigenvalue weighted by atomic mass is 16.3. The van der Waals surface area contributed by atoms with Crippen LogP contribution < -0.4 is 5.32 Å². The predicted molar refractivity (Wildman–Crippen MR) is 58.2 cm³/mol. The van der Waals surface area contributed by atoms with Crippen molar-refractivity contribution in [1.82, 2.24) is 5.32 Å². The summed E-state index contributed by atoms with van der Waals surface area (Å²) in [5, 5.41) is 13.6. The molecule has 14 heavy (non-hydrogen) atoms. The van der Waals surface area contributed by atoms with Gasteiger partial charge in [0.1, 0.15) is 0 Å². The minimum atomic E-state index is -0.371. The van der Waals surface area contributed by atoms with Gasteiger partial charge in [0.15, 0.2) is 0 Å². The van der Waals surface area contributed by atoms with E-state index in [1.165, 1.54) is 32.1 Å². The van der Waals surface area contributed by atoms with Gasteiger partial charge in [0, 0.05) is 13.1 Å². The van der Waals surface area contributed by atoms with Crippen LogP contribution in [0.1, 0.15) is 51.9 Å². The number of hydrogen-bond donors (Lipinski definition) is 2. The molecule has 2 fully saturated rings. The lowest BCUT2D eigenvalue weighted by Crippen LogP contribution is -2.40. The molecule has 2 heteroatoms. The average Bonchev–Trinajstić information content (AvgIpc) is 2.83. The van der Waals surface area contributed by atoms with Crippen LogP contribution in [0, 0.1) is 5.41 Å². The first kappa shape index (κ1) is 10.4. The third-order valence-corrected chi connectivity index (χ3v) is 4.20. The number of nitrogens with one attached hydrogen (secondary N) is 1. The lowest BCUT2D eigenvalue weighted by Gasteiger charge is -2.24. The largest absolute Gasteiger partial charge is 0.389 e. The Kier molecular flexibility index (Phi) is 2.85. The van der Waals surface area contributed by atoms with E-state index >= 15 is 0 Å². The van der Waals surface area contributed by atoms with Gasteiger partial charge in [-0.15, -0.1) is 0 Å². The van der Waals surface area contributed by atoms with E-state index in [0.29, 0.717) is 5.41 Å². The Balaban J connectivity index is 1.67. The SMILES string of the molecule is CCC1(CNCC2(O)CCCC2)CC1. The summed E-state index contributed by atoms with van der Waals surface area (Å²) in [6.45, 7) is 4.21. The van der Waals surface area contributed by atoms with Gasteiger partial charge in [0.25, 0.3) is 0 Å². The van der Waals surface area contributed by atoms with Gasteiger partial charge >= 0.3 is 0 Å². The molecule has 0 radical (unpaired) electrons. The van der Waals surface area contributed by atoms with E-state index in [1.54, 1.807) is 0 Å². The second-order valence-electron chi connectivity index (χ2n) is 5.39. The van der Waals surface area contributed by atoms with Gasteiger partial charge in [-0.2, -0.15) is 0 Å². The molecule has 2 aliphatic carbocycles. The molecular weight excluding hydrogens is 174 g/mol. The van der Waals surface area contributed by atoms with E-state index in [1.807, 2.05) is 0 Å². The van der Waals surface area contributed by atoms with Crippen LogP contribution in [0.3, 0.4) is 0 Å². The molecule has 2 saturated carbocycles. The maximum atomic E-state index is 10.1. The highest BCUT2D eigenvalue weighted by Crippen LogP contribution is 2.47. The van der Waals surface area contributed by atoms with E-state index in [4.69, 9.17) is 0 Å². The summed E-state index contributed by atoms with van der Waals surface area (Å²) in [5.41, 5.74) is 0.235. The number of rotatable bonds is 5. The quantitative estimate of drug-likeness (QED) is 0.707. The normalized spacial score (nSPS) is 27.9. The Morgan fingerprint density at radius 2 is 1.71 bits per heavy atom. The van der Waals surface area contributed by atoms with Crippen LogP contribution in [0.15, 0.2) is 0 Å². The molecule has 0 aromatic carbocycles. The van der Waals surface area contributed by atoms with Crippen LogP contribution in [-0.4, -0.2) is 23.8 Å². The molecule has 0 aliphatic heterocycles. The average molecular weight is 197 g/mol. The van der Waals surface area contributed by atoms with Crippen molar-refractivity contribution in [3.8, 4) is 0 Å². The Bertz CT molecular complexity index is 192. The lowest BCUT2D eigenvalue weighted by atomic mass is 10.0. The Hall–Kier alpha value is -0.0800. The fourth-order valence-electron chi connectivity index (χ4n) is 2.60. The third kappa shape index (κ3) is 2.29. The highest BCUT2D eigenvalue weighted by Gasteiger charge is 2.40. The highest BCUT2D eigenvalue weighted by molar-refractivity contribution is 4.95. The first-order chi connectivity index (χ1) is 6.68. The summed E-state index contributed by atoms with van der Waals surface area (Å²) in [6.07, 6.45) is 8.47. The van der Waals surface area contributed by atoms with Crippen LogP contribution in [-0.2, 0) is 0 Å². The molecule has 0 amide bonds. The second kappa shape index (κ2) is 3.82. The van der Waals surface area contributed by atoms with Gasteiger partial charge in [-0.1, -0.05) is 19.8 Å². The first-order valence-corrected chi connectivity index (χ1v) is 6.11. The Labute approximate surface area is 87.1 Å². The van der Waals surface area contributed by atoms with Gasteiger partial charge < -0.3 is 10.4 Å². The zero-order valence-corrected chi connectivity index (χ0v) is 9.31. The second-order valence-corrected chi connectivity index (χ2v) is 5.39. The van der Waals surface area contributed by atoms with Crippen molar-refractivity contribution in [2.24, 2.45) is 5.41 Å². The maximum absolute atomic E-state index is 10.1. The molecule has 0 heterocycles. The summed E-state index contributed by atoms with van der Waals surface area (Å²) in [7, 11) is 0. The zero-order valence-electron chi connectivity index (χ0n) is 9.31. The fourth-order valence-corrected chi connectivity index (χ4v) is 2.60. The summed E-state index contributed by atoms with van der Waals surface area (Å²) in [4.78, 5) is 0. The summed E-state index contributed by atoms with van der Waals surface area (Å²) in [5.74, 6) is 0. The molecule has 2 aliphatic rings. The zero-order chi connectivity index (χ0) is 10.1. The molecule has 0 spiro atoms. The van der Waals surface area contributed by atoms with Gasteiger partial charge in [-0.25, -0.2) is 0 Å². The molecule has 0 bridgehead atoms. The summed E-state index contributed by atoms with van der Waals surface area (Å²) in [6, 6.07) is 0. The number of aliphatic hydroxyl groups is 1. The molecule has 2 N–H and O–H groups in total. The minimum absolute atomic E-state index is 0.371. The lowest BCUT2D eigenvalue weighted by molar-refractivity contribution is 0.0465. The van der Waals surface area contributed by atoms with Crippen LogP contribution in [0.5, 0.6) is 0 Å². The van der Waals surface area contributed by atoms with Crippen LogP contribution in [0.2, 0.25) is 0 Å². The first-order valence-electron chi connectivity index (χ1n) is 6.11. The van der Waals surface area contributed by atoms with E-state index in [9.17, 15) is 5.11 Å². The smallest absolute Gasteiger partial charge is 0.0771 e. The molecule has 82 valence electrons. The topological polar surface area (TPSA) is 32.3 Å². The van der Waals surface area contributed by atoms with Crippen molar-refractivity contribution < 1.29 is 5.11 Å². The Morgan fingerprint density at radius 1 is 1.07 bits per heavy atom. The fraction of sp³-hybridized carbons (Fsp3) is 1.00. The third-order valence-electron chi connectivity index (χ3n) is 4.20. The summed E-state index contributed by atoms with van der Waals surface area (Å²) >= 11 is 0. The molecule has 0 saturated heterocycles. The van der Waals surface area contributed by atoms with Crippen molar-refractivity contribution in [3.63, 3.8) is 0 Å². The molecule has 0 atom stereocenters. The summed E-state index contributed by atoms with van der Waals surface area (Å²) < 4.78 is 0. The molecule has 0 aromatic rings. The van der Waals surface area contributed by atoms with Gasteiger partial charge in [0.2, 0.25) is 0 Å². The van der Waals surface area contributed by atoms with Crippen LogP contribution >= 0.6 is 0 Å². The van der Waals surface area contributed by atoms with Crippen LogP contribution in [0.25, 0.3) is 0 Å². The van der Waals surface area contributed by atoms with E-state index in [2.05, 4.69) is 12.2 Å². The van der Waals surface area contributed by atoms with Crippen molar-refractivity contribution in [2.75, 3.05) is 13.1 Å². The van der Waals surface area contributed by atoms with Crippen molar-refractivity contribution >= 4 is 0 Å². The van der Waals surface area contributed by atoms with Gasteiger partial charge in [-0.3, -0.25) is 0 Å².